The summed E-state index contributed by atoms with van der Waals surface area (Å²) in [6.45, 7) is 2.36. The molecular formula is C5H9ClO3. The normalized spacial score (nSPS) is 13.1. The van der Waals surface area contributed by atoms with E-state index in [1.54, 1.807) is 6.92 Å². The average Bonchev–Trinajstić information content (AvgIpc) is 1.82. The second kappa shape index (κ2) is 4.58. The SMILES string of the molecule is CCOCC(Cl)C(=O)O. The molecule has 0 radical (unpaired) electrons. The molecule has 0 saturated carbocycles. The van der Waals surface area contributed by atoms with Crippen molar-refractivity contribution >= 4 is 17.6 Å². The highest BCUT2D eigenvalue weighted by Gasteiger charge is 2.11. The third-order valence-electron chi connectivity index (χ3n) is 0.736. The molecule has 0 fully saturated rings. The number of carboxylic acids is 1. The number of carboxylic acid groups (broad SMARTS) is 1. The summed E-state index contributed by atoms with van der Waals surface area (Å²) in [5, 5.41) is 7.28. The van der Waals surface area contributed by atoms with Crippen LogP contribution in [0.5, 0.6) is 0 Å². The van der Waals surface area contributed by atoms with E-state index in [-0.39, 0.29) is 6.61 Å². The molecule has 3 nitrogen and oxygen atoms in total. The molecule has 0 rings (SSSR count). The molecule has 0 amide bonds. The minimum atomic E-state index is -1.04. The fraction of sp³-hybridized carbons (Fsp3) is 0.800. The third kappa shape index (κ3) is 4.24. The van der Waals surface area contributed by atoms with Gasteiger partial charge in [-0.25, -0.2) is 0 Å². The van der Waals surface area contributed by atoms with Crippen LogP contribution in [0.1, 0.15) is 6.92 Å². The maximum Gasteiger partial charge on any atom is 0.324 e. The molecule has 0 aromatic carbocycles. The first kappa shape index (κ1) is 8.72. The lowest BCUT2D eigenvalue weighted by Crippen LogP contribution is -2.19. The van der Waals surface area contributed by atoms with E-state index < -0.39 is 11.3 Å². The van der Waals surface area contributed by atoms with E-state index >= 15 is 0 Å². The van der Waals surface area contributed by atoms with Crippen molar-refractivity contribution in [2.24, 2.45) is 0 Å². The first-order valence-electron chi connectivity index (χ1n) is 2.63. The molecule has 0 bridgehead atoms. The fourth-order valence-corrected chi connectivity index (χ4v) is 0.382. The van der Waals surface area contributed by atoms with Crippen molar-refractivity contribution in [3.63, 3.8) is 0 Å². The Morgan fingerprint density at radius 1 is 1.89 bits per heavy atom. The molecule has 0 aromatic rings. The molecule has 0 aliphatic rings. The van der Waals surface area contributed by atoms with Crippen molar-refractivity contribution in [1.82, 2.24) is 0 Å². The van der Waals surface area contributed by atoms with Crippen molar-refractivity contribution in [2.75, 3.05) is 13.2 Å². The lowest BCUT2D eigenvalue weighted by molar-refractivity contribution is -0.137. The van der Waals surface area contributed by atoms with Crippen molar-refractivity contribution < 1.29 is 14.6 Å². The minimum absolute atomic E-state index is 0.0768. The van der Waals surface area contributed by atoms with Crippen molar-refractivity contribution in [2.45, 2.75) is 12.3 Å². The summed E-state index contributed by atoms with van der Waals surface area (Å²) in [6, 6.07) is 0. The molecule has 0 heterocycles. The Morgan fingerprint density at radius 3 is 2.78 bits per heavy atom. The minimum Gasteiger partial charge on any atom is -0.480 e. The van der Waals surface area contributed by atoms with Crippen LogP contribution in [0.2, 0.25) is 0 Å². The summed E-state index contributed by atoms with van der Waals surface area (Å²) < 4.78 is 4.74. The Kier molecular flexibility index (Phi) is 4.44. The van der Waals surface area contributed by atoms with E-state index in [2.05, 4.69) is 0 Å². The van der Waals surface area contributed by atoms with Crippen LogP contribution in [0.25, 0.3) is 0 Å². The van der Waals surface area contributed by atoms with E-state index in [1.165, 1.54) is 0 Å². The van der Waals surface area contributed by atoms with Gasteiger partial charge < -0.3 is 9.84 Å². The predicted molar refractivity (Wildman–Crippen MR) is 33.8 cm³/mol. The summed E-state index contributed by atoms with van der Waals surface area (Å²) in [4.78, 5) is 9.99. The molecule has 0 aromatic heterocycles. The van der Waals surface area contributed by atoms with Gasteiger partial charge in [0.1, 0.15) is 0 Å². The summed E-state index contributed by atoms with van der Waals surface area (Å²) in [5.74, 6) is -1.04. The zero-order valence-electron chi connectivity index (χ0n) is 5.13. The van der Waals surface area contributed by atoms with Gasteiger partial charge in [0, 0.05) is 6.61 Å². The topological polar surface area (TPSA) is 46.5 Å². The molecule has 54 valence electrons. The van der Waals surface area contributed by atoms with E-state index in [9.17, 15) is 4.79 Å². The van der Waals surface area contributed by atoms with Gasteiger partial charge in [0.15, 0.2) is 5.38 Å². The number of hydrogen-bond acceptors (Lipinski definition) is 2. The van der Waals surface area contributed by atoms with E-state index in [0.29, 0.717) is 6.61 Å². The molecule has 9 heavy (non-hydrogen) atoms. The van der Waals surface area contributed by atoms with E-state index in [0.717, 1.165) is 0 Å². The second-order valence-electron chi connectivity index (χ2n) is 1.47. The number of carbonyl (C=O) groups is 1. The van der Waals surface area contributed by atoms with E-state index in [1.807, 2.05) is 0 Å². The average molecular weight is 153 g/mol. The molecule has 1 N–H and O–H groups in total. The van der Waals surface area contributed by atoms with Gasteiger partial charge in [-0.3, -0.25) is 4.79 Å². The molecule has 0 aliphatic carbocycles. The molecule has 0 aliphatic heterocycles. The maximum absolute atomic E-state index is 9.99. The van der Waals surface area contributed by atoms with Crippen molar-refractivity contribution in [1.29, 1.82) is 0 Å². The van der Waals surface area contributed by atoms with E-state index in [4.69, 9.17) is 21.4 Å². The summed E-state index contributed by atoms with van der Waals surface area (Å²) in [5.41, 5.74) is 0. The Bertz CT molecular complexity index is 94.2. The van der Waals surface area contributed by atoms with Gasteiger partial charge in [0.2, 0.25) is 0 Å². The zero-order valence-corrected chi connectivity index (χ0v) is 5.89. The van der Waals surface area contributed by atoms with Gasteiger partial charge in [-0.05, 0) is 6.92 Å². The lowest BCUT2D eigenvalue weighted by Gasteiger charge is -2.01. The first-order chi connectivity index (χ1) is 4.18. The molecule has 1 unspecified atom stereocenters. The number of rotatable bonds is 4. The van der Waals surface area contributed by atoms with Gasteiger partial charge in [-0.15, -0.1) is 11.6 Å². The highest BCUT2D eigenvalue weighted by atomic mass is 35.5. The van der Waals surface area contributed by atoms with Crippen LogP contribution in [0.3, 0.4) is 0 Å². The first-order valence-corrected chi connectivity index (χ1v) is 3.06. The standard InChI is InChI=1S/C5H9ClO3/c1-2-9-3-4(6)5(7)8/h4H,2-3H2,1H3,(H,7,8). The Labute approximate surface area is 58.6 Å². The number of hydrogen-bond donors (Lipinski definition) is 1. The smallest absolute Gasteiger partial charge is 0.324 e. The van der Waals surface area contributed by atoms with Crippen LogP contribution in [0.15, 0.2) is 0 Å². The van der Waals surface area contributed by atoms with Crippen LogP contribution >= 0.6 is 11.6 Å². The summed E-state index contributed by atoms with van der Waals surface area (Å²) in [6.07, 6.45) is 0. The second-order valence-corrected chi connectivity index (χ2v) is 1.99. The monoisotopic (exact) mass is 152 g/mol. The number of alkyl halides is 1. The van der Waals surface area contributed by atoms with Crippen molar-refractivity contribution in [3.05, 3.63) is 0 Å². The fourth-order valence-electron chi connectivity index (χ4n) is 0.293. The Hall–Kier alpha value is -0.280. The lowest BCUT2D eigenvalue weighted by atomic mass is 10.4. The highest BCUT2D eigenvalue weighted by Crippen LogP contribution is 1.95. The number of halogens is 1. The van der Waals surface area contributed by atoms with Crippen LogP contribution < -0.4 is 0 Å². The Balaban J connectivity index is 3.27. The third-order valence-corrected chi connectivity index (χ3v) is 1.05. The van der Waals surface area contributed by atoms with Crippen LogP contribution in [-0.2, 0) is 9.53 Å². The summed E-state index contributed by atoms with van der Waals surface area (Å²) >= 11 is 5.27. The number of ether oxygens (including phenoxy) is 1. The number of aliphatic carboxylic acids is 1. The summed E-state index contributed by atoms with van der Waals surface area (Å²) in [7, 11) is 0. The van der Waals surface area contributed by atoms with Gasteiger partial charge >= 0.3 is 5.97 Å². The maximum atomic E-state index is 9.99. The van der Waals surface area contributed by atoms with Crippen LogP contribution in [0.4, 0.5) is 0 Å². The Morgan fingerprint density at radius 2 is 2.44 bits per heavy atom. The largest absolute Gasteiger partial charge is 0.480 e. The van der Waals surface area contributed by atoms with Crippen molar-refractivity contribution in [3.8, 4) is 0 Å². The van der Waals surface area contributed by atoms with Gasteiger partial charge in [-0.2, -0.15) is 0 Å². The van der Waals surface area contributed by atoms with Gasteiger partial charge in [0.05, 0.1) is 6.61 Å². The molecule has 0 saturated heterocycles. The van der Waals surface area contributed by atoms with Gasteiger partial charge in [0.25, 0.3) is 0 Å². The van der Waals surface area contributed by atoms with Gasteiger partial charge in [-0.1, -0.05) is 0 Å². The van der Waals surface area contributed by atoms with Crippen LogP contribution in [0, 0.1) is 0 Å². The molecule has 4 heteroatoms. The molecule has 0 spiro atoms. The molecular weight excluding hydrogens is 144 g/mol. The van der Waals surface area contributed by atoms with Crippen LogP contribution in [-0.4, -0.2) is 29.7 Å². The zero-order chi connectivity index (χ0) is 7.28. The molecule has 1 atom stereocenters. The highest BCUT2D eigenvalue weighted by molar-refractivity contribution is 6.29. The predicted octanol–water partition coefficient (Wildman–Crippen LogP) is 0.715. The quantitative estimate of drug-likeness (QED) is 0.604.